The van der Waals surface area contributed by atoms with Crippen LogP contribution >= 0.6 is 11.3 Å². The molecule has 0 aliphatic rings. The van der Waals surface area contributed by atoms with Gasteiger partial charge in [-0.2, -0.15) is 0 Å². The van der Waals surface area contributed by atoms with Gasteiger partial charge in [0.05, 0.1) is 26.4 Å². The molecular weight excluding hydrogens is 362 g/mol. The van der Waals surface area contributed by atoms with Crippen LogP contribution in [0.1, 0.15) is 22.1 Å². The number of thiophene rings is 1. The lowest BCUT2D eigenvalue weighted by molar-refractivity contribution is -0.116. The van der Waals surface area contributed by atoms with Crippen molar-refractivity contribution in [3.05, 3.63) is 76.4 Å². The lowest BCUT2D eigenvalue weighted by atomic mass is 10.0. The van der Waals surface area contributed by atoms with Gasteiger partial charge in [-0.05, 0) is 47.4 Å². The van der Waals surface area contributed by atoms with E-state index in [4.69, 9.17) is 13.9 Å². The van der Waals surface area contributed by atoms with Gasteiger partial charge in [0.15, 0.2) is 11.5 Å². The fraction of sp³-hybridized carbons (Fsp3) is 0.190. The fourth-order valence-electron chi connectivity index (χ4n) is 2.71. The number of benzene rings is 1. The first kappa shape index (κ1) is 18.8. The lowest BCUT2D eigenvalue weighted by Gasteiger charge is -2.13. The quantitative estimate of drug-likeness (QED) is 0.589. The molecule has 1 N–H and O–H groups in total. The van der Waals surface area contributed by atoms with Crippen LogP contribution in [-0.2, 0) is 4.79 Å². The van der Waals surface area contributed by atoms with Gasteiger partial charge in [-0.1, -0.05) is 12.1 Å². The van der Waals surface area contributed by atoms with Gasteiger partial charge < -0.3 is 19.2 Å². The summed E-state index contributed by atoms with van der Waals surface area (Å²) in [4.78, 5) is 13.4. The maximum atomic E-state index is 12.3. The number of rotatable bonds is 8. The van der Waals surface area contributed by atoms with E-state index < -0.39 is 0 Å². The van der Waals surface area contributed by atoms with Crippen molar-refractivity contribution >= 4 is 23.3 Å². The molecule has 0 saturated carbocycles. The standard InChI is InChI=1S/C21H21NO4S/c1-24-18-9-7-15(13-19(18)25-2)8-10-21(23)22-14-16(17-5-3-11-26-17)20-6-4-12-27-20/h3-13,16H,14H2,1-2H3,(H,22,23)/b10-8+/t16-/m0/s1. The summed E-state index contributed by atoms with van der Waals surface area (Å²) in [5.74, 6) is 1.94. The monoisotopic (exact) mass is 383 g/mol. The molecule has 0 aliphatic carbocycles. The van der Waals surface area contributed by atoms with E-state index in [1.165, 1.54) is 6.08 Å². The molecule has 0 fully saturated rings. The van der Waals surface area contributed by atoms with Gasteiger partial charge in [-0.15, -0.1) is 11.3 Å². The molecular formula is C21H21NO4S. The van der Waals surface area contributed by atoms with Crippen LogP contribution in [0.15, 0.2) is 64.6 Å². The number of hydrogen-bond acceptors (Lipinski definition) is 5. The number of nitrogens with one attached hydrogen (secondary N) is 1. The molecule has 0 unspecified atom stereocenters. The van der Waals surface area contributed by atoms with E-state index in [9.17, 15) is 4.79 Å². The first-order valence-electron chi connectivity index (χ1n) is 8.46. The minimum absolute atomic E-state index is 0.00145. The zero-order chi connectivity index (χ0) is 19.1. The molecule has 27 heavy (non-hydrogen) atoms. The van der Waals surface area contributed by atoms with Crippen molar-refractivity contribution in [2.45, 2.75) is 5.92 Å². The van der Waals surface area contributed by atoms with Crippen LogP contribution in [0, 0.1) is 0 Å². The molecule has 5 nitrogen and oxygen atoms in total. The van der Waals surface area contributed by atoms with E-state index in [0.717, 1.165) is 16.2 Å². The van der Waals surface area contributed by atoms with Crippen molar-refractivity contribution in [3.8, 4) is 11.5 Å². The number of furan rings is 1. The Bertz CT molecular complexity index is 851. The molecule has 1 amide bonds. The summed E-state index contributed by atoms with van der Waals surface area (Å²) in [6.45, 7) is 0.461. The molecule has 0 spiro atoms. The highest BCUT2D eigenvalue weighted by Gasteiger charge is 2.18. The van der Waals surface area contributed by atoms with Crippen LogP contribution in [-0.4, -0.2) is 26.7 Å². The number of hydrogen-bond donors (Lipinski definition) is 1. The van der Waals surface area contributed by atoms with E-state index in [2.05, 4.69) is 5.32 Å². The van der Waals surface area contributed by atoms with Crippen LogP contribution in [0.3, 0.4) is 0 Å². The third kappa shape index (κ3) is 4.80. The summed E-state index contributed by atoms with van der Waals surface area (Å²) in [5, 5.41) is 4.96. The van der Waals surface area contributed by atoms with Crippen molar-refractivity contribution in [2.24, 2.45) is 0 Å². The van der Waals surface area contributed by atoms with Gasteiger partial charge in [0, 0.05) is 17.5 Å². The fourth-order valence-corrected chi connectivity index (χ4v) is 3.55. The number of carbonyl (C=O) groups excluding carboxylic acids is 1. The van der Waals surface area contributed by atoms with Crippen LogP contribution < -0.4 is 14.8 Å². The van der Waals surface area contributed by atoms with Crippen molar-refractivity contribution in [1.29, 1.82) is 0 Å². The first-order chi connectivity index (χ1) is 13.2. The SMILES string of the molecule is COc1ccc(/C=C/C(=O)NC[C@@H](c2ccco2)c2cccs2)cc1OC. The zero-order valence-electron chi connectivity index (χ0n) is 15.2. The van der Waals surface area contributed by atoms with E-state index >= 15 is 0 Å². The van der Waals surface area contributed by atoms with Crippen molar-refractivity contribution < 1.29 is 18.7 Å². The molecule has 2 heterocycles. The molecule has 3 aromatic rings. The Morgan fingerprint density at radius 1 is 1.19 bits per heavy atom. The number of carbonyl (C=O) groups is 1. The Balaban J connectivity index is 1.64. The van der Waals surface area contributed by atoms with Gasteiger partial charge in [0.2, 0.25) is 5.91 Å². The minimum atomic E-state index is -0.169. The summed E-state index contributed by atoms with van der Waals surface area (Å²) in [6.07, 6.45) is 4.90. The highest BCUT2D eigenvalue weighted by Crippen LogP contribution is 2.29. The maximum Gasteiger partial charge on any atom is 0.244 e. The van der Waals surface area contributed by atoms with Crippen molar-refractivity contribution in [3.63, 3.8) is 0 Å². The maximum absolute atomic E-state index is 12.3. The van der Waals surface area contributed by atoms with Crippen LogP contribution in [0.25, 0.3) is 6.08 Å². The Kier molecular flexibility index (Phi) is 6.33. The normalized spacial score (nSPS) is 12.1. The zero-order valence-corrected chi connectivity index (χ0v) is 16.0. The predicted molar refractivity (Wildman–Crippen MR) is 106 cm³/mol. The summed E-state index contributed by atoms with van der Waals surface area (Å²) in [7, 11) is 3.17. The first-order valence-corrected chi connectivity index (χ1v) is 9.34. The Morgan fingerprint density at radius 2 is 2.04 bits per heavy atom. The van der Waals surface area contributed by atoms with E-state index in [0.29, 0.717) is 18.0 Å². The molecule has 1 atom stereocenters. The predicted octanol–water partition coefficient (Wildman–Crippen LogP) is 4.32. The third-order valence-electron chi connectivity index (χ3n) is 4.09. The highest BCUT2D eigenvalue weighted by molar-refractivity contribution is 7.10. The van der Waals surface area contributed by atoms with E-state index in [1.54, 1.807) is 44.0 Å². The second-order valence-corrected chi connectivity index (χ2v) is 6.76. The van der Waals surface area contributed by atoms with Crippen molar-refractivity contribution in [2.75, 3.05) is 20.8 Å². The Morgan fingerprint density at radius 3 is 2.70 bits per heavy atom. The third-order valence-corrected chi connectivity index (χ3v) is 5.07. The number of methoxy groups -OCH3 is 2. The van der Waals surface area contributed by atoms with Gasteiger partial charge in [0.1, 0.15) is 5.76 Å². The second-order valence-electron chi connectivity index (χ2n) is 5.78. The van der Waals surface area contributed by atoms with E-state index in [1.807, 2.05) is 41.8 Å². The van der Waals surface area contributed by atoms with Gasteiger partial charge in [0.25, 0.3) is 0 Å². The molecule has 0 saturated heterocycles. The molecule has 0 bridgehead atoms. The number of ether oxygens (including phenoxy) is 2. The Labute approximate surface area is 162 Å². The molecule has 140 valence electrons. The highest BCUT2D eigenvalue weighted by atomic mass is 32.1. The average molecular weight is 383 g/mol. The molecule has 0 radical (unpaired) electrons. The summed E-state index contributed by atoms with van der Waals surface area (Å²) in [5.41, 5.74) is 0.851. The van der Waals surface area contributed by atoms with Gasteiger partial charge in [-0.25, -0.2) is 0 Å². The summed E-state index contributed by atoms with van der Waals surface area (Å²) in [6, 6.07) is 13.3. The number of amides is 1. The van der Waals surface area contributed by atoms with Crippen LogP contribution in [0.4, 0.5) is 0 Å². The van der Waals surface area contributed by atoms with Gasteiger partial charge in [-0.3, -0.25) is 4.79 Å². The summed E-state index contributed by atoms with van der Waals surface area (Å²) < 4.78 is 16.0. The average Bonchev–Trinajstić information content (AvgIpc) is 3.41. The largest absolute Gasteiger partial charge is 0.493 e. The van der Waals surface area contributed by atoms with E-state index in [-0.39, 0.29) is 11.8 Å². The Hall–Kier alpha value is -2.99. The van der Waals surface area contributed by atoms with Crippen LogP contribution in [0.5, 0.6) is 11.5 Å². The molecule has 1 aromatic carbocycles. The summed E-state index contributed by atoms with van der Waals surface area (Å²) >= 11 is 1.64. The minimum Gasteiger partial charge on any atom is -0.493 e. The smallest absolute Gasteiger partial charge is 0.244 e. The molecule has 0 aliphatic heterocycles. The molecule has 2 aromatic heterocycles. The van der Waals surface area contributed by atoms with Crippen molar-refractivity contribution in [1.82, 2.24) is 5.32 Å². The van der Waals surface area contributed by atoms with Gasteiger partial charge >= 0.3 is 0 Å². The lowest BCUT2D eigenvalue weighted by Crippen LogP contribution is -2.26. The van der Waals surface area contributed by atoms with Crippen LogP contribution in [0.2, 0.25) is 0 Å². The second kappa shape index (κ2) is 9.09. The topological polar surface area (TPSA) is 60.7 Å². The molecule has 6 heteroatoms. The molecule has 3 rings (SSSR count).